The van der Waals surface area contributed by atoms with Crippen LogP contribution in [0.2, 0.25) is 5.02 Å². The molecule has 0 aromatic heterocycles. The molecule has 2 aromatic rings. The Morgan fingerprint density at radius 1 is 0.905 bits per heavy atom. The summed E-state index contributed by atoms with van der Waals surface area (Å²) in [5.74, 6) is -0.213. The van der Waals surface area contributed by atoms with Gasteiger partial charge < -0.3 is 0 Å². The minimum Gasteiger partial charge on any atom is -0.293 e. The van der Waals surface area contributed by atoms with Crippen molar-refractivity contribution in [2.24, 2.45) is 0 Å². The third-order valence-corrected chi connectivity index (χ3v) is 3.59. The summed E-state index contributed by atoms with van der Waals surface area (Å²) in [6.07, 6.45) is 0.285. The number of urea groups is 1. The molecule has 106 valence electrons. The molecule has 0 N–H and O–H groups in total. The number of carbonyl (C=O) groups excluding carboxylic acids is 2. The van der Waals surface area contributed by atoms with Gasteiger partial charge in [0.05, 0.1) is 5.69 Å². The highest BCUT2D eigenvalue weighted by Crippen LogP contribution is 2.26. The van der Waals surface area contributed by atoms with Gasteiger partial charge in [0, 0.05) is 23.7 Å². The van der Waals surface area contributed by atoms with Gasteiger partial charge in [0.15, 0.2) is 0 Å². The number of para-hydroxylation sites is 1. The van der Waals surface area contributed by atoms with Crippen LogP contribution in [0.25, 0.3) is 0 Å². The van der Waals surface area contributed by atoms with Gasteiger partial charge in [-0.25, -0.2) is 9.69 Å². The van der Waals surface area contributed by atoms with E-state index in [2.05, 4.69) is 0 Å². The van der Waals surface area contributed by atoms with Crippen LogP contribution in [0.15, 0.2) is 54.6 Å². The predicted molar refractivity (Wildman–Crippen MR) is 82.7 cm³/mol. The molecule has 0 aliphatic carbocycles. The first-order valence-electron chi connectivity index (χ1n) is 6.62. The first-order valence-corrected chi connectivity index (χ1v) is 7.00. The average molecular weight is 301 g/mol. The molecule has 1 heterocycles. The van der Waals surface area contributed by atoms with Crippen molar-refractivity contribution in [2.75, 3.05) is 16.3 Å². The minimum atomic E-state index is -0.347. The molecule has 3 rings (SSSR count). The molecular formula is C16H13ClN2O2. The van der Waals surface area contributed by atoms with Crippen LogP contribution in [-0.2, 0) is 4.79 Å². The van der Waals surface area contributed by atoms with Crippen LogP contribution < -0.4 is 9.80 Å². The van der Waals surface area contributed by atoms with E-state index in [1.807, 2.05) is 30.3 Å². The second kappa shape index (κ2) is 5.58. The molecule has 1 fully saturated rings. The van der Waals surface area contributed by atoms with Crippen LogP contribution in [0.5, 0.6) is 0 Å². The van der Waals surface area contributed by atoms with E-state index >= 15 is 0 Å². The Bertz CT molecular complexity index is 688. The lowest BCUT2D eigenvalue weighted by Gasteiger charge is -2.34. The molecular weight excluding hydrogens is 288 g/mol. The molecule has 0 spiro atoms. The predicted octanol–water partition coefficient (Wildman–Crippen LogP) is 3.70. The summed E-state index contributed by atoms with van der Waals surface area (Å²) < 4.78 is 0. The number of benzene rings is 2. The van der Waals surface area contributed by atoms with E-state index in [0.29, 0.717) is 17.3 Å². The maximum atomic E-state index is 12.6. The Morgan fingerprint density at radius 2 is 1.62 bits per heavy atom. The summed E-state index contributed by atoms with van der Waals surface area (Å²) >= 11 is 5.95. The normalized spacial score (nSPS) is 15.5. The summed E-state index contributed by atoms with van der Waals surface area (Å²) in [7, 11) is 0. The van der Waals surface area contributed by atoms with Crippen molar-refractivity contribution in [3.05, 3.63) is 59.6 Å². The topological polar surface area (TPSA) is 40.6 Å². The number of rotatable bonds is 2. The molecule has 1 aliphatic heterocycles. The van der Waals surface area contributed by atoms with Gasteiger partial charge in [-0.05, 0) is 30.3 Å². The number of nitrogens with zero attached hydrogens (tertiary/aromatic N) is 2. The highest BCUT2D eigenvalue weighted by atomic mass is 35.5. The van der Waals surface area contributed by atoms with Crippen LogP contribution in [-0.4, -0.2) is 18.5 Å². The lowest BCUT2D eigenvalue weighted by Crippen LogP contribution is -2.52. The van der Waals surface area contributed by atoms with Gasteiger partial charge in [-0.1, -0.05) is 35.9 Å². The number of amides is 3. The van der Waals surface area contributed by atoms with Crippen molar-refractivity contribution in [3.63, 3.8) is 0 Å². The first-order chi connectivity index (χ1) is 10.2. The molecule has 0 saturated carbocycles. The van der Waals surface area contributed by atoms with E-state index in [-0.39, 0.29) is 18.4 Å². The maximum absolute atomic E-state index is 12.6. The highest BCUT2D eigenvalue weighted by molar-refractivity contribution is 6.31. The van der Waals surface area contributed by atoms with Crippen molar-refractivity contribution >= 4 is 34.9 Å². The fourth-order valence-electron chi connectivity index (χ4n) is 2.36. The molecule has 2 aromatic carbocycles. The summed E-state index contributed by atoms with van der Waals surface area (Å²) in [5, 5.41) is 0.491. The number of anilines is 2. The SMILES string of the molecule is O=C1CCN(c2ccccc2)C(=O)N1c1cccc(Cl)c1. The molecule has 0 radical (unpaired) electrons. The average Bonchev–Trinajstić information content (AvgIpc) is 2.48. The van der Waals surface area contributed by atoms with Crippen molar-refractivity contribution in [2.45, 2.75) is 6.42 Å². The monoisotopic (exact) mass is 300 g/mol. The molecule has 21 heavy (non-hydrogen) atoms. The number of halogens is 1. The molecule has 1 saturated heterocycles. The van der Waals surface area contributed by atoms with Gasteiger partial charge in [-0.15, -0.1) is 0 Å². The molecule has 5 heteroatoms. The van der Waals surface area contributed by atoms with Crippen molar-refractivity contribution < 1.29 is 9.59 Å². The van der Waals surface area contributed by atoms with Gasteiger partial charge in [-0.3, -0.25) is 9.69 Å². The number of carbonyl (C=O) groups is 2. The molecule has 4 nitrogen and oxygen atoms in total. The maximum Gasteiger partial charge on any atom is 0.335 e. The zero-order valence-corrected chi connectivity index (χ0v) is 12.0. The molecule has 3 amide bonds. The van der Waals surface area contributed by atoms with E-state index in [1.54, 1.807) is 29.2 Å². The zero-order chi connectivity index (χ0) is 14.8. The third-order valence-electron chi connectivity index (χ3n) is 3.36. The second-order valence-electron chi connectivity index (χ2n) is 4.73. The van der Waals surface area contributed by atoms with Crippen LogP contribution in [0.3, 0.4) is 0 Å². The molecule has 0 bridgehead atoms. The van der Waals surface area contributed by atoms with E-state index in [4.69, 9.17) is 11.6 Å². The van der Waals surface area contributed by atoms with E-state index in [0.717, 1.165) is 5.69 Å². The Hall–Kier alpha value is -2.33. The van der Waals surface area contributed by atoms with Crippen LogP contribution in [0.1, 0.15) is 6.42 Å². The number of hydrogen-bond acceptors (Lipinski definition) is 2. The van der Waals surface area contributed by atoms with E-state index < -0.39 is 0 Å². The van der Waals surface area contributed by atoms with Gasteiger partial charge in [-0.2, -0.15) is 0 Å². The van der Waals surface area contributed by atoms with Gasteiger partial charge in [0.25, 0.3) is 0 Å². The summed E-state index contributed by atoms with van der Waals surface area (Å²) in [4.78, 5) is 27.5. The largest absolute Gasteiger partial charge is 0.335 e. The van der Waals surface area contributed by atoms with Crippen LogP contribution in [0, 0.1) is 0 Å². The van der Waals surface area contributed by atoms with E-state index in [1.165, 1.54) is 4.90 Å². The van der Waals surface area contributed by atoms with Gasteiger partial charge >= 0.3 is 6.03 Å². The lowest BCUT2D eigenvalue weighted by atomic mass is 10.2. The minimum absolute atomic E-state index is 0.213. The van der Waals surface area contributed by atoms with Crippen molar-refractivity contribution in [3.8, 4) is 0 Å². The standard InChI is InChI=1S/C16H13ClN2O2/c17-12-5-4-8-14(11-12)19-15(20)9-10-18(16(19)21)13-6-2-1-3-7-13/h1-8,11H,9-10H2. The smallest absolute Gasteiger partial charge is 0.293 e. The van der Waals surface area contributed by atoms with Gasteiger partial charge in [0.1, 0.15) is 0 Å². The molecule has 0 unspecified atom stereocenters. The fourth-order valence-corrected chi connectivity index (χ4v) is 2.54. The highest BCUT2D eigenvalue weighted by Gasteiger charge is 2.33. The summed E-state index contributed by atoms with van der Waals surface area (Å²) in [6, 6.07) is 15.7. The van der Waals surface area contributed by atoms with E-state index in [9.17, 15) is 9.59 Å². The van der Waals surface area contributed by atoms with Crippen LogP contribution in [0.4, 0.5) is 16.2 Å². The fraction of sp³-hybridized carbons (Fsp3) is 0.125. The quantitative estimate of drug-likeness (QED) is 0.848. The Labute approximate surface area is 127 Å². The van der Waals surface area contributed by atoms with Crippen molar-refractivity contribution in [1.82, 2.24) is 0 Å². The second-order valence-corrected chi connectivity index (χ2v) is 5.17. The first kappa shape index (κ1) is 13.6. The lowest BCUT2D eigenvalue weighted by molar-refractivity contribution is -0.118. The van der Waals surface area contributed by atoms with Gasteiger partial charge in [0.2, 0.25) is 5.91 Å². The Balaban J connectivity index is 1.96. The molecule has 1 aliphatic rings. The summed E-state index contributed by atoms with van der Waals surface area (Å²) in [6.45, 7) is 0.388. The van der Waals surface area contributed by atoms with Crippen molar-refractivity contribution in [1.29, 1.82) is 0 Å². The number of imide groups is 1. The Morgan fingerprint density at radius 3 is 2.33 bits per heavy atom. The molecule has 0 atom stereocenters. The Kier molecular flexibility index (Phi) is 3.62. The number of hydrogen-bond donors (Lipinski definition) is 0. The van der Waals surface area contributed by atoms with Crippen LogP contribution >= 0.6 is 11.6 Å². The zero-order valence-electron chi connectivity index (χ0n) is 11.2. The summed E-state index contributed by atoms with van der Waals surface area (Å²) in [5.41, 5.74) is 1.28. The third kappa shape index (κ3) is 2.62.